The molecule has 0 saturated carbocycles. The van der Waals surface area contributed by atoms with E-state index in [9.17, 15) is 4.79 Å². The number of nitrogens with two attached hydrogens (primary N) is 1. The highest BCUT2D eigenvalue weighted by molar-refractivity contribution is 5.97. The molecule has 0 saturated heterocycles. The average Bonchev–Trinajstić information content (AvgIpc) is 3.16. The normalized spacial score (nSPS) is 14.2. The molecule has 0 aromatic heterocycles. The lowest BCUT2D eigenvalue weighted by Crippen LogP contribution is -2.92. The first kappa shape index (κ1) is 17.5. The van der Waals surface area contributed by atoms with E-state index < -0.39 is 0 Å². The fourth-order valence-electron chi connectivity index (χ4n) is 3.92. The number of amides is 1. The molecule has 0 radical (unpaired) electrons. The van der Waals surface area contributed by atoms with Crippen molar-refractivity contribution in [2.45, 2.75) is 25.4 Å². The molecule has 0 bridgehead atoms. The quantitative estimate of drug-likeness (QED) is 0.747. The molecular weight excluding hydrogens is 332 g/mol. The number of hydrogen-bond donors (Lipinski definition) is 1. The predicted molar refractivity (Wildman–Crippen MR) is 109 cm³/mol. The first-order valence-corrected chi connectivity index (χ1v) is 9.58. The number of fused-ring (bicyclic) bond motifs is 1. The van der Waals surface area contributed by atoms with E-state index in [1.165, 1.54) is 16.7 Å². The molecule has 1 aliphatic rings. The van der Waals surface area contributed by atoms with Crippen molar-refractivity contribution in [3.8, 4) is 0 Å². The van der Waals surface area contributed by atoms with Crippen LogP contribution >= 0.6 is 0 Å². The van der Waals surface area contributed by atoms with Crippen molar-refractivity contribution < 1.29 is 10.1 Å². The number of quaternary nitrogens is 1. The van der Waals surface area contributed by atoms with Crippen LogP contribution < -0.4 is 10.2 Å². The minimum atomic E-state index is -0.165. The summed E-state index contributed by atoms with van der Waals surface area (Å²) in [4.78, 5) is 15.1. The van der Waals surface area contributed by atoms with E-state index in [4.69, 9.17) is 0 Å². The minimum Gasteiger partial charge on any atom is -0.326 e. The van der Waals surface area contributed by atoms with Gasteiger partial charge in [0.25, 0.3) is 5.91 Å². The summed E-state index contributed by atoms with van der Waals surface area (Å²) in [6.45, 7) is 2.79. The maximum Gasteiger partial charge on any atom is 0.284 e. The monoisotopic (exact) mass is 357 g/mol. The number of hydrogen-bond acceptors (Lipinski definition) is 1. The molecule has 4 rings (SSSR count). The van der Waals surface area contributed by atoms with Gasteiger partial charge in [-0.1, -0.05) is 78.9 Å². The Labute approximate surface area is 160 Å². The van der Waals surface area contributed by atoms with Crippen LogP contribution in [0.25, 0.3) is 0 Å². The maximum atomic E-state index is 13.2. The zero-order chi connectivity index (χ0) is 18.6. The second-order valence-electron chi connectivity index (χ2n) is 7.15. The Kier molecular flexibility index (Phi) is 5.03. The van der Waals surface area contributed by atoms with Gasteiger partial charge in [0.15, 0.2) is 6.04 Å². The standard InChI is InChI=1S/C24H24N2O/c1-18(24(27)26-17-16-19-10-8-9-15-22(19)26)25-23(20-11-4-2-5-12-20)21-13-6-3-7-14-21/h2-15,18,23,25H,16-17H2,1H3/p+1/t18-/m1/s1. The van der Waals surface area contributed by atoms with Gasteiger partial charge in [-0.05, 0) is 25.0 Å². The van der Waals surface area contributed by atoms with Gasteiger partial charge in [0.05, 0.1) is 0 Å². The van der Waals surface area contributed by atoms with Crippen molar-refractivity contribution in [2.75, 3.05) is 11.4 Å². The van der Waals surface area contributed by atoms with Crippen LogP contribution in [0.5, 0.6) is 0 Å². The van der Waals surface area contributed by atoms with Gasteiger partial charge in [-0.25, -0.2) is 0 Å². The fraction of sp³-hybridized carbons (Fsp3) is 0.208. The molecule has 1 atom stereocenters. The summed E-state index contributed by atoms with van der Waals surface area (Å²) < 4.78 is 0. The zero-order valence-corrected chi connectivity index (χ0v) is 15.6. The number of anilines is 1. The van der Waals surface area contributed by atoms with E-state index in [0.29, 0.717) is 0 Å². The second-order valence-corrected chi connectivity index (χ2v) is 7.15. The van der Waals surface area contributed by atoms with Crippen molar-refractivity contribution in [3.63, 3.8) is 0 Å². The molecule has 2 N–H and O–H groups in total. The predicted octanol–water partition coefficient (Wildman–Crippen LogP) is 3.32. The fourth-order valence-corrected chi connectivity index (χ4v) is 3.92. The zero-order valence-electron chi connectivity index (χ0n) is 15.6. The third-order valence-corrected chi connectivity index (χ3v) is 5.34. The molecule has 0 spiro atoms. The highest BCUT2D eigenvalue weighted by Gasteiger charge is 2.32. The molecule has 3 nitrogen and oxygen atoms in total. The van der Waals surface area contributed by atoms with Gasteiger partial charge in [0.1, 0.15) is 6.04 Å². The summed E-state index contributed by atoms with van der Waals surface area (Å²) in [6.07, 6.45) is 0.940. The van der Waals surface area contributed by atoms with Crippen molar-refractivity contribution in [2.24, 2.45) is 0 Å². The third-order valence-electron chi connectivity index (χ3n) is 5.34. The summed E-state index contributed by atoms with van der Waals surface area (Å²) >= 11 is 0. The molecule has 0 fully saturated rings. The molecule has 27 heavy (non-hydrogen) atoms. The number of benzene rings is 3. The second kappa shape index (κ2) is 7.77. The van der Waals surface area contributed by atoms with Crippen LogP contribution in [0.1, 0.15) is 29.7 Å². The van der Waals surface area contributed by atoms with Crippen LogP contribution in [0, 0.1) is 0 Å². The Morgan fingerprint density at radius 3 is 2.04 bits per heavy atom. The molecule has 1 heterocycles. The van der Waals surface area contributed by atoms with Gasteiger partial charge in [-0.15, -0.1) is 0 Å². The Morgan fingerprint density at radius 1 is 0.852 bits per heavy atom. The van der Waals surface area contributed by atoms with Crippen LogP contribution in [0.3, 0.4) is 0 Å². The lowest BCUT2D eigenvalue weighted by molar-refractivity contribution is -0.704. The Morgan fingerprint density at radius 2 is 1.41 bits per heavy atom. The van der Waals surface area contributed by atoms with Gasteiger partial charge < -0.3 is 10.2 Å². The Bertz CT molecular complexity index is 868. The average molecular weight is 357 g/mol. The van der Waals surface area contributed by atoms with Crippen LogP contribution in [0.4, 0.5) is 5.69 Å². The first-order chi connectivity index (χ1) is 13.2. The van der Waals surface area contributed by atoms with Gasteiger partial charge in [-0.3, -0.25) is 4.79 Å². The maximum absolute atomic E-state index is 13.2. The van der Waals surface area contributed by atoms with E-state index in [-0.39, 0.29) is 18.0 Å². The molecule has 1 amide bonds. The SMILES string of the molecule is C[C@@H]([NH2+]C(c1ccccc1)c1ccccc1)C(=O)N1CCc2ccccc21. The number of rotatable bonds is 5. The van der Waals surface area contributed by atoms with Gasteiger partial charge >= 0.3 is 0 Å². The Balaban J connectivity index is 1.57. The van der Waals surface area contributed by atoms with Crippen LogP contribution in [-0.2, 0) is 11.2 Å². The van der Waals surface area contributed by atoms with Crippen molar-refractivity contribution in [3.05, 3.63) is 102 Å². The van der Waals surface area contributed by atoms with Crippen LogP contribution in [-0.4, -0.2) is 18.5 Å². The van der Waals surface area contributed by atoms with Crippen molar-refractivity contribution in [1.29, 1.82) is 0 Å². The lowest BCUT2D eigenvalue weighted by atomic mass is 9.98. The van der Waals surface area contributed by atoms with E-state index in [1.807, 2.05) is 36.1 Å². The smallest absolute Gasteiger partial charge is 0.284 e. The summed E-state index contributed by atoms with van der Waals surface area (Å²) in [5, 5.41) is 2.19. The topological polar surface area (TPSA) is 36.9 Å². The highest BCUT2D eigenvalue weighted by atomic mass is 16.2. The van der Waals surface area contributed by atoms with Crippen molar-refractivity contribution >= 4 is 11.6 Å². The third kappa shape index (κ3) is 3.64. The van der Waals surface area contributed by atoms with Gasteiger partial charge in [0, 0.05) is 23.4 Å². The summed E-state index contributed by atoms with van der Waals surface area (Å²) in [5.74, 6) is 0.178. The molecule has 0 aliphatic carbocycles. The summed E-state index contributed by atoms with van der Waals surface area (Å²) in [6, 6.07) is 29.0. The van der Waals surface area contributed by atoms with E-state index in [0.717, 1.165) is 18.7 Å². The molecular formula is C24H25N2O+. The molecule has 3 heteroatoms. The van der Waals surface area contributed by atoms with Crippen molar-refractivity contribution in [1.82, 2.24) is 0 Å². The van der Waals surface area contributed by atoms with E-state index in [2.05, 4.69) is 66.0 Å². The molecule has 1 aliphatic heterocycles. The molecule has 136 valence electrons. The molecule has 3 aromatic rings. The number of para-hydroxylation sites is 1. The van der Waals surface area contributed by atoms with Gasteiger partial charge in [0.2, 0.25) is 0 Å². The minimum absolute atomic E-state index is 0.101. The number of carbonyl (C=O) groups is 1. The highest BCUT2D eigenvalue weighted by Crippen LogP contribution is 2.27. The lowest BCUT2D eigenvalue weighted by Gasteiger charge is -2.24. The molecule has 3 aromatic carbocycles. The largest absolute Gasteiger partial charge is 0.326 e. The Hall–Kier alpha value is -2.91. The summed E-state index contributed by atoms with van der Waals surface area (Å²) in [7, 11) is 0. The van der Waals surface area contributed by atoms with E-state index in [1.54, 1.807) is 0 Å². The number of nitrogens with zero attached hydrogens (tertiary/aromatic N) is 1. The first-order valence-electron chi connectivity index (χ1n) is 9.58. The van der Waals surface area contributed by atoms with Crippen LogP contribution in [0.2, 0.25) is 0 Å². The number of carbonyl (C=O) groups excluding carboxylic acids is 1. The van der Waals surface area contributed by atoms with E-state index >= 15 is 0 Å². The molecule has 0 unspecified atom stereocenters. The summed E-state index contributed by atoms with van der Waals surface area (Å²) in [5.41, 5.74) is 4.76. The van der Waals surface area contributed by atoms with Gasteiger partial charge in [-0.2, -0.15) is 0 Å². The van der Waals surface area contributed by atoms with Crippen LogP contribution in [0.15, 0.2) is 84.9 Å².